The third kappa shape index (κ3) is 5.55. The number of anilines is 1. The Morgan fingerprint density at radius 2 is 1.15 bits per heavy atom. The quantitative estimate of drug-likeness (QED) is 0.119. The highest BCUT2D eigenvalue weighted by molar-refractivity contribution is 6.07. The van der Waals surface area contributed by atoms with Gasteiger partial charge in [-0.1, -0.05) is 73.2 Å². The molecule has 8 nitrogen and oxygen atoms in total. The number of ether oxygens (including phenoxy) is 2. The van der Waals surface area contributed by atoms with Crippen LogP contribution >= 0.6 is 0 Å². The Kier molecular flexibility index (Phi) is 8.09. The van der Waals surface area contributed by atoms with Crippen molar-refractivity contribution in [1.29, 1.82) is 0 Å². The zero-order chi connectivity index (χ0) is 31.6. The van der Waals surface area contributed by atoms with E-state index >= 15 is 0 Å². The molecule has 2 atom stereocenters. The number of unbranched alkanes of at least 4 members (excludes halogenated alkanes) is 2. The fourth-order valence-electron chi connectivity index (χ4n) is 7.32. The predicted octanol–water partition coefficient (Wildman–Crippen LogP) is 6.41. The van der Waals surface area contributed by atoms with Crippen molar-refractivity contribution in [2.24, 2.45) is 11.8 Å². The van der Waals surface area contributed by atoms with Crippen molar-refractivity contribution in [2.75, 3.05) is 18.5 Å². The number of amides is 3. The molecule has 1 saturated heterocycles. The number of esters is 1. The Bertz CT molecular complexity index is 1670. The van der Waals surface area contributed by atoms with Gasteiger partial charge in [0.1, 0.15) is 11.5 Å². The number of carbonyl (C=O) groups excluding carboxylic acids is 4. The van der Waals surface area contributed by atoms with Gasteiger partial charge in [0.15, 0.2) is 6.61 Å². The minimum Gasteiger partial charge on any atom is -0.457 e. The average molecular weight is 615 g/mol. The molecule has 4 aromatic carbocycles. The van der Waals surface area contributed by atoms with Crippen LogP contribution < -0.4 is 10.1 Å². The fourth-order valence-corrected chi connectivity index (χ4v) is 7.32. The van der Waals surface area contributed by atoms with E-state index in [1.165, 1.54) is 4.90 Å². The molecule has 1 aliphatic heterocycles. The summed E-state index contributed by atoms with van der Waals surface area (Å²) in [6.45, 7) is -0.0444. The third-order valence-corrected chi connectivity index (χ3v) is 9.28. The van der Waals surface area contributed by atoms with Crippen LogP contribution in [0, 0.1) is 11.8 Å². The molecule has 1 heterocycles. The highest BCUT2D eigenvalue weighted by Gasteiger charge is 2.61. The molecule has 2 bridgehead atoms. The maximum absolute atomic E-state index is 13.7. The van der Waals surface area contributed by atoms with Gasteiger partial charge in [-0.25, -0.2) is 0 Å². The van der Waals surface area contributed by atoms with Crippen LogP contribution in [-0.2, 0) is 23.9 Å². The summed E-state index contributed by atoms with van der Waals surface area (Å²) in [5.74, 6) is -0.678. The van der Waals surface area contributed by atoms with Crippen LogP contribution in [0.15, 0.2) is 103 Å². The standard InChI is InChI=1S/C38H34N2O6/c41-31(39-24-18-20-26(21-19-24)46-25-11-3-1-4-12-25)23-45-32(42)17-5-2-10-22-40-37(43)35-33-27-13-6-7-14-28(27)34(36(35)38(40)44)30-16-9-8-15-29(30)33/h1,3-4,6-9,11-16,18-21,33-36H,2,5,10,17,22-23H2,(H,39,41)/t33?,34?,35-,36-/m0/s1. The van der Waals surface area contributed by atoms with Gasteiger partial charge < -0.3 is 14.8 Å². The number of nitrogens with zero attached hydrogens (tertiary/aromatic N) is 1. The lowest BCUT2D eigenvalue weighted by atomic mass is 9.55. The first kappa shape index (κ1) is 29.5. The molecule has 0 unspecified atom stereocenters. The zero-order valence-corrected chi connectivity index (χ0v) is 25.3. The molecule has 0 spiro atoms. The average Bonchev–Trinajstić information content (AvgIpc) is 3.34. The van der Waals surface area contributed by atoms with Gasteiger partial charge >= 0.3 is 5.97 Å². The number of para-hydroxylation sites is 1. The molecule has 3 amide bonds. The van der Waals surface area contributed by atoms with Crippen LogP contribution in [0.4, 0.5) is 5.69 Å². The topological polar surface area (TPSA) is 102 Å². The molecule has 0 radical (unpaired) electrons. The first-order chi connectivity index (χ1) is 22.5. The van der Waals surface area contributed by atoms with Gasteiger partial charge in [0.25, 0.3) is 5.91 Å². The van der Waals surface area contributed by atoms with Gasteiger partial charge in [-0.15, -0.1) is 0 Å². The Labute approximate surface area is 267 Å². The van der Waals surface area contributed by atoms with Crippen LogP contribution in [0.1, 0.15) is 59.8 Å². The Morgan fingerprint density at radius 1 is 0.630 bits per heavy atom. The van der Waals surface area contributed by atoms with Crippen molar-refractivity contribution < 1.29 is 28.7 Å². The van der Waals surface area contributed by atoms with Crippen molar-refractivity contribution >= 4 is 29.4 Å². The Hall–Kier alpha value is -5.24. The summed E-state index contributed by atoms with van der Waals surface area (Å²) in [5.41, 5.74) is 5.21. The summed E-state index contributed by atoms with van der Waals surface area (Å²) in [6, 6.07) is 32.7. The van der Waals surface area contributed by atoms with E-state index < -0.39 is 11.9 Å². The van der Waals surface area contributed by atoms with Gasteiger partial charge in [0, 0.05) is 30.5 Å². The van der Waals surface area contributed by atoms with E-state index in [0.717, 1.165) is 22.3 Å². The van der Waals surface area contributed by atoms with Crippen molar-refractivity contribution in [2.45, 2.75) is 37.5 Å². The van der Waals surface area contributed by atoms with Gasteiger partial charge in [-0.2, -0.15) is 0 Å². The number of hydrogen-bond acceptors (Lipinski definition) is 6. The second kappa shape index (κ2) is 12.6. The van der Waals surface area contributed by atoms with E-state index in [9.17, 15) is 19.2 Å². The van der Waals surface area contributed by atoms with E-state index in [4.69, 9.17) is 9.47 Å². The van der Waals surface area contributed by atoms with Crippen LogP contribution in [-0.4, -0.2) is 41.7 Å². The lowest BCUT2D eigenvalue weighted by Crippen LogP contribution is -2.41. The summed E-state index contributed by atoms with van der Waals surface area (Å²) in [6.07, 6.45) is 1.94. The zero-order valence-electron chi connectivity index (χ0n) is 25.3. The van der Waals surface area contributed by atoms with Gasteiger partial charge in [0.05, 0.1) is 11.8 Å². The van der Waals surface area contributed by atoms with E-state index in [1.54, 1.807) is 24.3 Å². The summed E-state index contributed by atoms with van der Waals surface area (Å²) in [4.78, 5) is 53.4. The van der Waals surface area contributed by atoms with E-state index in [-0.39, 0.29) is 48.5 Å². The molecule has 46 heavy (non-hydrogen) atoms. The first-order valence-corrected chi connectivity index (χ1v) is 15.8. The molecule has 1 fully saturated rings. The highest BCUT2D eigenvalue weighted by Crippen LogP contribution is 2.60. The van der Waals surface area contributed by atoms with Crippen molar-refractivity contribution in [3.63, 3.8) is 0 Å². The molecule has 3 aliphatic carbocycles. The number of benzene rings is 4. The molecule has 8 heteroatoms. The minimum atomic E-state index is -0.465. The van der Waals surface area contributed by atoms with E-state index in [2.05, 4.69) is 29.6 Å². The molecule has 4 aliphatic rings. The van der Waals surface area contributed by atoms with Crippen LogP contribution in [0.3, 0.4) is 0 Å². The van der Waals surface area contributed by atoms with Crippen LogP contribution in [0.2, 0.25) is 0 Å². The Balaban J connectivity index is 0.852. The second-order valence-electron chi connectivity index (χ2n) is 12.1. The molecular formula is C38H34N2O6. The molecular weight excluding hydrogens is 580 g/mol. The summed E-state index contributed by atoms with van der Waals surface area (Å²) in [5, 5.41) is 2.71. The van der Waals surface area contributed by atoms with Crippen LogP contribution in [0.25, 0.3) is 0 Å². The van der Waals surface area contributed by atoms with Gasteiger partial charge in [-0.05, 0) is 71.5 Å². The number of nitrogens with one attached hydrogen (secondary N) is 1. The number of rotatable bonds is 11. The normalized spacial score (nSPS) is 20.5. The lowest BCUT2D eigenvalue weighted by Gasteiger charge is -2.45. The van der Waals surface area contributed by atoms with Crippen molar-refractivity contribution in [3.8, 4) is 11.5 Å². The second-order valence-corrected chi connectivity index (χ2v) is 12.1. The van der Waals surface area contributed by atoms with Gasteiger partial charge in [-0.3, -0.25) is 24.1 Å². The predicted molar refractivity (Wildman–Crippen MR) is 171 cm³/mol. The summed E-state index contributed by atoms with van der Waals surface area (Å²) in [7, 11) is 0. The Morgan fingerprint density at radius 3 is 1.72 bits per heavy atom. The molecule has 8 rings (SSSR count). The maximum Gasteiger partial charge on any atom is 0.306 e. The smallest absolute Gasteiger partial charge is 0.306 e. The first-order valence-electron chi connectivity index (χ1n) is 15.8. The van der Waals surface area contributed by atoms with Gasteiger partial charge in [0.2, 0.25) is 11.8 Å². The van der Waals surface area contributed by atoms with Crippen molar-refractivity contribution in [1.82, 2.24) is 4.90 Å². The van der Waals surface area contributed by atoms with E-state index in [1.807, 2.05) is 54.6 Å². The molecule has 232 valence electrons. The molecule has 4 aromatic rings. The maximum atomic E-state index is 13.7. The monoisotopic (exact) mass is 614 g/mol. The highest BCUT2D eigenvalue weighted by atomic mass is 16.5. The number of imide groups is 1. The minimum absolute atomic E-state index is 0.0854. The molecule has 0 aromatic heterocycles. The molecule has 0 saturated carbocycles. The largest absolute Gasteiger partial charge is 0.457 e. The van der Waals surface area contributed by atoms with Crippen molar-refractivity contribution in [3.05, 3.63) is 125 Å². The van der Waals surface area contributed by atoms with Crippen LogP contribution in [0.5, 0.6) is 11.5 Å². The lowest BCUT2D eigenvalue weighted by molar-refractivity contribution is -0.147. The summed E-state index contributed by atoms with van der Waals surface area (Å²) >= 11 is 0. The number of likely N-dealkylation sites (tertiary alicyclic amines) is 1. The van der Waals surface area contributed by atoms with E-state index in [0.29, 0.717) is 43.0 Å². The summed E-state index contributed by atoms with van der Waals surface area (Å²) < 4.78 is 10.9. The SMILES string of the molecule is O=C(COC(=O)CCCCCN1C(=O)[C@H]2C3c4ccccc4C(c4ccccc43)[C@@H]2C1=O)Nc1ccc(Oc2ccccc2)cc1. The number of carbonyl (C=O) groups is 4. The molecule has 1 N–H and O–H groups in total. The fraction of sp³-hybridized carbons (Fsp3) is 0.263. The third-order valence-electron chi connectivity index (χ3n) is 9.28. The number of hydrogen-bond donors (Lipinski definition) is 1.